The molecular weight excluding hydrogens is 281 g/mol. The molecule has 108 valence electrons. The molecule has 8 nitrogen and oxygen atoms in total. The topological polar surface area (TPSA) is 120 Å². The number of aromatic nitrogens is 3. The number of rotatable bonds is 4. The molecule has 0 aliphatic carbocycles. The van der Waals surface area contributed by atoms with Crippen LogP contribution in [0.25, 0.3) is 0 Å². The maximum Gasteiger partial charge on any atom is 0.342 e. The van der Waals surface area contributed by atoms with Crippen molar-refractivity contribution in [3.63, 3.8) is 0 Å². The van der Waals surface area contributed by atoms with Crippen molar-refractivity contribution < 1.29 is 9.18 Å². The van der Waals surface area contributed by atoms with Crippen LogP contribution in [0.5, 0.6) is 0 Å². The number of carbonyl (C=O) groups is 1. The van der Waals surface area contributed by atoms with Crippen LogP contribution in [0.15, 0.2) is 39.0 Å². The van der Waals surface area contributed by atoms with Crippen molar-refractivity contribution in [3.05, 3.63) is 62.2 Å². The van der Waals surface area contributed by atoms with Gasteiger partial charge in [0.15, 0.2) is 0 Å². The number of nitrogens with one attached hydrogen (secondary N) is 3. The number of aromatic amines is 2. The summed E-state index contributed by atoms with van der Waals surface area (Å²) >= 11 is 0. The van der Waals surface area contributed by atoms with Gasteiger partial charge in [-0.25, -0.2) is 19.7 Å². The molecule has 1 aromatic heterocycles. The van der Waals surface area contributed by atoms with Crippen molar-refractivity contribution >= 4 is 12.1 Å². The van der Waals surface area contributed by atoms with Crippen LogP contribution in [0.3, 0.4) is 0 Å². The first kappa shape index (κ1) is 14.3. The van der Waals surface area contributed by atoms with Gasteiger partial charge in [0.2, 0.25) is 5.91 Å². The van der Waals surface area contributed by atoms with Gasteiger partial charge < -0.3 is 0 Å². The van der Waals surface area contributed by atoms with Crippen molar-refractivity contribution in [2.75, 3.05) is 0 Å². The van der Waals surface area contributed by atoms with E-state index in [4.69, 9.17) is 0 Å². The number of H-pyrrole nitrogens is 2. The number of benzene rings is 1. The molecule has 9 heteroatoms. The summed E-state index contributed by atoms with van der Waals surface area (Å²) in [6.07, 6.45) is 0.762. The molecule has 21 heavy (non-hydrogen) atoms. The second kappa shape index (κ2) is 6.37. The molecule has 0 saturated heterocycles. The highest BCUT2D eigenvalue weighted by atomic mass is 19.1. The number of halogens is 1. The monoisotopic (exact) mass is 291 g/mol. The number of carbonyl (C=O) groups excluding carboxylic acids is 1. The SMILES string of the molecule is O=C(Cc1n[nH]c(=O)[nH]c1=O)N/N=C\c1ccccc1F. The van der Waals surface area contributed by atoms with Gasteiger partial charge in [-0.2, -0.15) is 10.2 Å². The average Bonchev–Trinajstić information content (AvgIpc) is 2.44. The number of hydrogen-bond donors (Lipinski definition) is 3. The lowest BCUT2D eigenvalue weighted by Crippen LogP contribution is -2.31. The fourth-order valence-corrected chi connectivity index (χ4v) is 1.44. The Balaban J connectivity index is 1.98. The normalized spacial score (nSPS) is 10.7. The van der Waals surface area contributed by atoms with Crippen LogP contribution >= 0.6 is 0 Å². The molecule has 1 aromatic carbocycles. The zero-order valence-corrected chi connectivity index (χ0v) is 10.6. The molecule has 0 aliphatic heterocycles. The summed E-state index contributed by atoms with van der Waals surface area (Å²) in [5.41, 5.74) is 0.655. The third-order valence-corrected chi connectivity index (χ3v) is 2.41. The Morgan fingerprint density at radius 1 is 1.38 bits per heavy atom. The van der Waals surface area contributed by atoms with Crippen molar-refractivity contribution in [2.45, 2.75) is 6.42 Å². The molecule has 0 atom stereocenters. The number of hydrazone groups is 1. The maximum atomic E-state index is 13.3. The van der Waals surface area contributed by atoms with Crippen molar-refractivity contribution in [1.82, 2.24) is 20.6 Å². The van der Waals surface area contributed by atoms with E-state index in [1.54, 1.807) is 6.07 Å². The number of amides is 1. The minimum atomic E-state index is -0.762. The van der Waals surface area contributed by atoms with Gasteiger partial charge in [-0.15, -0.1) is 0 Å². The minimum Gasteiger partial charge on any atom is -0.273 e. The Morgan fingerprint density at radius 2 is 2.14 bits per heavy atom. The Bertz CT molecular complexity index is 796. The molecule has 0 radical (unpaired) electrons. The Kier molecular flexibility index (Phi) is 4.34. The largest absolute Gasteiger partial charge is 0.342 e. The highest BCUT2D eigenvalue weighted by molar-refractivity contribution is 5.83. The van der Waals surface area contributed by atoms with Gasteiger partial charge >= 0.3 is 5.69 Å². The van der Waals surface area contributed by atoms with E-state index >= 15 is 0 Å². The van der Waals surface area contributed by atoms with Gasteiger partial charge in [-0.05, 0) is 6.07 Å². The van der Waals surface area contributed by atoms with E-state index in [1.165, 1.54) is 18.2 Å². The molecule has 0 spiro atoms. The fraction of sp³-hybridized carbons (Fsp3) is 0.0833. The van der Waals surface area contributed by atoms with Crippen LogP contribution in [0.2, 0.25) is 0 Å². The van der Waals surface area contributed by atoms with E-state index in [-0.39, 0.29) is 17.7 Å². The second-order valence-corrected chi connectivity index (χ2v) is 3.95. The van der Waals surface area contributed by atoms with E-state index in [0.717, 1.165) is 6.21 Å². The average molecular weight is 291 g/mol. The molecule has 3 N–H and O–H groups in total. The predicted octanol–water partition coefficient (Wildman–Crippen LogP) is -0.710. The third-order valence-electron chi connectivity index (χ3n) is 2.41. The lowest BCUT2D eigenvalue weighted by Gasteiger charge is -1.98. The van der Waals surface area contributed by atoms with Gasteiger partial charge in [0, 0.05) is 5.56 Å². The van der Waals surface area contributed by atoms with E-state index in [1.807, 2.05) is 10.1 Å². The quantitative estimate of drug-likeness (QED) is 0.509. The molecule has 0 aliphatic rings. The van der Waals surface area contributed by atoms with Gasteiger partial charge in [0.25, 0.3) is 5.56 Å². The van der Waals surface area contributed by atoms with Crippen LogP contribution in [0, 0.1) is 5.82 Å². The van der Waals surface area contributed by atoms with E-state index in [2.05, 4.69) is 15.6 Å². The molecule has 0 saturated carbocycles. The zero-order valence-electron chi connectivity index (χ0n) is 10.6. The fourth-order valence-electron chi connectivity index (χ4n) is 1.44. The first-order valence-corrected chi connectivity index (χ1v) is 5.80. The van der Waals surface area contributed by atoms with Crippen LogP contribution in [0.1, 0.15) is 11.3 Å². The Labute approximate surface area is 116 Å². The molecule has 0 fully saturated rings. The van der Waals surface area contributed by atoms with E-state index in [0.29, 0.717) is 0 Å². The van der Waals surface area contributed by atoms with Crippen LogP contribution in [-0.4, -0.2) is 27.3 Å². The van der Waals surface area contributed by atoms with Gasteiger partial charge in [-0.1, -0.05) is 18.2 Å². The van der Waals surface area contributed by atoms with E-state index in [9.17, 15) is 18.8 Å². The molecule has 1 amide bonds. The first-order valence-electron chi connectivity index (χ1n) is 5.80. The molecule has 2 rings (SSSR count). The highest BCUT2D eigenvalue weighted by Gasteiger charge is 2.08. The summed E-state index contributed by atoms with van der Waals surface area (Å²) in [6, 6.07) is 5.89. The minimum absolute atomic E-state index is 0.159. The third kappa shape index (κ3) is 3.93. The second-order valence-electron chi connectivity index (χ2n) is 3.95. The van der Waals surface area contributed by atoms with Gasteiger partial charge in [-0.3, -0.25) is 14.6 Å². The van der Waals surface area contributed by atoms with Crippen LogP contribution in [0.4, 0.5) is 4.39 Å². The summed E-state index contributed by atoms with van der Waals surface area (Å²) in [4.78, 5) is 35.5. The van der Waals surface area contributed by atoms with Crippen LogP contribution in [-0.2, 0) is 11.2 Å². The number of nitrogens with zero attached hydrogens (tertiary/aromatic N) is 2. The van der Waals surface area contributed by atoms with Gasteiger partial charge in [0.1, 0.15) is 11.5 Å². The zero-order chi connectivity index (χ0) is 15.2. The summed E-state index contributed by atoms with van der Waals surface area (Å²) in [5, 5.41) is 9.02. The molecule has 0 bridgehead atoms. The molecular formula is C12H10FN5O3. The summed E-state index contributed by atoms with van der Waals surface area (Å²) in [5.74, 6) is -1.11. The summed E-state index contributed by atoms with van der Waals surface area (Å²) < 4.78 is 13.3. The standard InChI is InChI=1S/C12H10FN5O3/c13-8-4-2-1-3-7(8)6-14-17-10(19)5-9-11(20)15-12(21)18-16-9/h1-4,6H,5H2,(H,17,19)(H2,15,18,20,21)/b14-6-. The van der Waals surface area contributed by atoms with Gasteiger partial charge in [0.05, 0.1) is 12.6 Å². The first-order chi connectivity index (χ1) is 10.1. The van der Waals surface area contributed by atoms with Crippen LogP contribution < -0.4 is 16.7 Å². The lowest BCUT2D eigenvalue weighted by molar-refractivity contribution is -0.120. The Hall–Kier alpha value is -3.10. The lowest BCUT2D eigenvalue weighted by atomic mass is 10.2. The predicted molar refractivity (Wildman–Crippen MR) is 71.3 cm³/mol. The summed E-state index contributed by atoms with van der Waals surface area (Å²) in [6.45, 7) is 0. The molecule has 1 heterocycles. The van der Waals surface area contributed by atoms with Crippen molar-refractivity contribution in [2.24, 2.45) is 5.10 Å². The smallest absolute Gasteiger partial charge is 0.273 e. The van der Waals surface area contributed by atoms with E-state index < -0.39 is 23.0 Å². The number of hydrogen-bond acceptors (Lipinski definition) is 5. The van der Waals surface area contributed by atoms with Crippen molar-refractivity contribution in [1.29, 1.82) is 0 Å². The molecule has 0 unspecified atom stereocenters. The highest BCUT2D eigenvalue weighted by Crippen LogP contribution is 2.02. The van der Waals surface area contributed by atoms with Crippen molar-refractivity contribution in [3.8, 4) is 0 Å². The molecule has 2 aromatic rings. The Morgan fingerprint density at radius 3 is 2.86 bits per heavy atom. The summed E-state index contributed by atoms with van der Waals surface area (Å²) in [7, 11) is 0. The maximum absolute atomic E-state index is 13.3.